The molecule has 0 aliphatic heterocycles. The van der Waals surface area contributed by atoms with Gasteiger partial charge in [0, 0.05) is 39.1 Å². The van der Waals surface area contributed by atoms with Crippen LogP contribution in [0.25, 0.3) is 11.1 Å². The van der Waals surface area contributed by atoms with Crippen LogP contribution >= 0.6 is 0 Å². The average Bonchev–Trinajstić information content (AvgIpc) is 3.22. The summed E-state index contributed by atoms with van der Waals surface area (Å²) in [7, 11) is 1.81. The highest BCUT2D eigenvalue weighted by Crippen LogP contribution is 2.24. The van der Waals surface area contributed by atoms with E-state index < -0.39 is 0 Å². The molecule has 0 radical (unpaired) electrons. The molecule has 28 heavy (non-hydrogen) atoms. The predicted molar refractivity (Wildman–Crippen MR) is 116 cm³/mol. The molecule has 0 amide bonds. The van der Waals surface area contributed by atoms with Crippen molar-refractivity contribution in [2.24, 2.45) is 10.9 Å². The Morgan fingerprint density at radius 1 is 1.07 bits per heavy atom. The molecule has 0 saturated heterocycles. The van der Waals surface area contributed by atoms with Crippen molar-refractivity contribution in [3.05, 3.63) is 78.4 Å². The van der Waals surface area contributed by atoms with Gasteiger partial charge in [-0.3, -0.25) is 4.99 Å². The number of hydrogen-bond donors (Lipinski definition) is 2. The van der Waals surface area contributed by atoms with Crippen LogP contribution in [0.15, 0.2) is 72.2 Å². The Labute approximate surface area is 167 Å². The lowest BCUT2D eigenvalue weighted by Crippen LogP contribution is -2.38. The summed E-state index contributed by atoms with van der Waals surface area (Å²) < 4.78 is 2.07. The largest absolute Gasteiger partial charge is 0.356 e. The number of aromatic nitrogens is 2. The van der Waals surface area contributed by atoms with E-state index in [1.165, 1.54) is 22.3 Å². The number of guanidine groups is 1. The fraction of sp³-hybridized carbons (Fsp3) is 0.304. The Morgan fingerprint density at radius 2 is 1.86 bits per heavy atom. The van der Waals surface area contributed by atoms with Gasteiger partial charge in [-0.05, 0) is 28.2 Å². The normalized spacial score (nSPS) is 11.6. The van der Waals surface area contributed by atoms with E-state index in [0.29, 0.717) is 5.92 Å². The highest BCUT2D eigenvalue weighted by atomic mass is 15.2. The first-order valence-electron chi connectivity index (χ1n) is 9.73. The molecular weight excluding hydrogens is 346 g/mol. The Hall–Kier alpha value is -3.08. The van der Waals surface area contributed by atoms with Crippen molar-refractivity contribution in [1.82, 2.24) is 20.2 Å². The van der Waals surface area contributed by atoms with Crippen molar-refractivity contribution in [1.29, 1.82) is 0 Å². The van der Waals surface area contributed by atoms with Crippen molar-refractivity contribution >= 4 is 5.96 Å². The van der Waals surface area contributed by atoms with E-state index in [9.17, 15) is 0 Å². The molecule has 146 valence electrons. The summed E-state index contributed by atoms with van der Waals surface area (Å²) in [6, 6.07) is 17.3. The molecule has 0 spiro atoms. The van der Waals surface area contributed by atoms with E-state index in [2.05, 4.69) is 87.6 Å². The number of aliphatic imine (C=N–C) groups is 1. The minimum absolute atomic E-state index is 0.576. The number of imidazole rings is 1. The number of rotatable bonds is 7. The van der Waals surface area contributed by atoms with E-state index in [1.807, 2.05) is 18.7 Å². The summed E-state index contributed by atoms with van der Waals surface area (Å²) in [6.45, 7) is 6.84. The molecule has 5 heteroatoms. The maximum absolute atomic E-state index is 4.31. The quantitative estimate of drug-likeness (QED) is 0.486. The molecule has 1 aromatic heterocycles. The van der Waals surface area contributed by atoms with E-state index in [1.54, 1.807) is 7.05 Å². The maximum Gasteiger partial charge on any atom is 0.191 e. The summed E-state index contributed by atoms with van der Waals surface area (Å²) in [5.41, 5.74) is 4.97. The lowest BCUT2D eigenvalue weighted by atomic mass is 9.98. The first kappa shape index (κ1) is 19.7. The van der Waals surface area contributed by atoms with Crippen molar-refractivity contribution < 1.29 is 0 Å². The van der Waals surface area contributed by atoms with Gasteiger partial charge in [0.25, 0.3) is 0 Å². The number of benzene rings is 2. The van der Waals surface area contributed by atoms with Gasteiger partial charge in [-0.1, -0.05) is 62.4 Å². The molecule has 2 N–H and O–H groups in total. The van der Waals surface area contributed by atoms with Gasteiger partial charge in [0.15, 0.2) is 5.96 Å². The van der Waals surface area contributed by atoms with Crippen LogP contribution in [-0.2, 0) is 13.1 Å². The second kappa shape index (κ2) is 9.74. The molecule has 2 aromatic carbocycles. The van der Waals surface area contributed by atoms with Gasteiger partial charge < -0.3 is 15.2 Å². The fourth-order valence-corrected chi connectivity index (χ4v) is 3.04. The smallest absolute Gasteiger partial charge is 0.191 e. The molecule has 0 atom stereocenters. The van der Waals surface area contributed by atoms with Gasteiger partial charge in [0.05, 0.1) is 6.33 Å². The molecule has 0 aliphatic carbocycles. The summed E-state index contributed by atoms with van der Waals surface area (Å²) in [6.07, 6.45) is 5.63. The SMILES string of the molecule is CN=C(NCc1ccccc1-c1ccc(Cn2ccnc2)cc1)NCC(C)C. The monoisotopic (exact) mass is 375 g/mol. The third kappa shape index (κ3) is 5.46. The third-order valence-electron chi connectivity index (χ3n) is 4.55. The maximum atomic E-state index is 4.31. The number of nitrogens with one attached hydrogen (secondary N) is 2. The predicted octanol–water partition coefficient (Wildman–Crippen LogP) is 3.92. The van der Waals surface area contributed by atoms with Crippen molar-refractivity contribution in [3.8, 4) is 11.1 Å². The zero-order chi connectivity index (χ0) is 19.8. The molecule has 0 aliphatic rings. The molecular formula is C23H29N5. The number of nitrogens with zero attached hydrogens (tertiary/aromatic N) is 3. The zero-order valence-electron chi connectivity index (χ0n) is 16.9. The van der Waals surface area contributed by atoms with Gasteiger partial charge in [-0.2, -0.15) is 0 Å². The van der Waals surface area contributed by atoms with Crippen LogP contribution in [-0.4, -0.2) is 29.1 Å². The lowest BCUT2D eigenvalue weighted by molar-refractivity contribution is 0.614. The first-order chi connectivity index (χ1) is 13.7. The second-order valence-electron chi connectivity index (χ2n) is 7.29. The van der Waals surface area contributed by atoms with Crippen molar-refractivity contribution in [2.45, 2.75) is 26.9 Å². The van der Waals surface area contributed by atoms with Crippen LogP contribution in [0.4, 0.5) is 0 Å². The molecule has 3 aromatic rings. The molecule has 0 saturated carbocycles. The number of hydrogen-bond acceptors (Lipinski definition) is 2. The Kier molecular flexibility index (Phi) is 6.84. The summed E-state index contributed by atoms with van der Waals surface area (Å²) in [4.78, 5) is 8.41. The van der Waals surface area contributed by atoms with E-state index in [0.717, 1.165) is 25.6 Å². The van der Waals surface area contributed by atoms with Crippen LogP contribution in [0.2, 0.25) is 0 Å². The van der Waals surface area contributed by atoms with Crippen molar-refractivity contribution in [2.75, 3.05) is 13.6 Å². The minimum atomic E-state index is 0.576. The fourth-order valence-electron chi connectivity index (χ4n) is 3.04. The zero-order valence-corrected chi connectivity index (χ0v) is 16.9. The second-order valence-corrected chi connectivity index (χ2v) is 7.29. The van der Waals surface area contributed by atoms with Gasteiger partial charge in [0.1, 0.15) is 0 Å². The van der Waals surface area contributed by atoms with Crippen LogP contribution in [0, 0.1) is 5.92 Å². The Morgan fingerprint density at radius 3 is 2.54 bits per heavy atom. The Bertz CT molecular complexity index is 880. The van der Waals surface area contributed by atoms with Crippen LogP contribution < -0.4 is 10.6 Å². The first-order valence-corrected chi connectivity index (χ1v) is 9.73. The van der Waals surface area contributed by atoms with E-state index in [-0.39, 0.29) is 0 Å². The highest BCUT2D eigenvalue weighted by molar-refractivity contribution is 5.80. The van der Waals surface area contributed by atoms with Gasteiger partial charge in [-0.15, -0.1) is 0 Å². The standard InChI is InChI=1S/C23H29N5/c1-18(2)14-26-23(24-3)27-15-21-6-4-5-7-22(21)20-10-8-19(9-11-20)16-28-13-12-25-17-28/h4-13,17-18H,14-16H2,1-3H3,(H2,24,26,27). The van der Waals surface area contributed by atoms with E-state index >= 15 is 0 Å². The summed E-state index contributed by atoms with van der Waals surface area (Å²) >= 11 is 0. The summed E-state index contributed by atoms with van der Waals surface area (Å²) in [5, 5.41) is 6.78. The topological polar surface area (TPSA) is 54.2 Å². The molecule has 3 rings (SSSR count). The third-order valence-corrected chi connectivity index (χ3v) is 4.55. The van der Waals surface area contributed by atoms with Gasteiger partial charge in [0.2, 0.25) is 0 Å². The molecule has 1 heterocycles. The molecule has 0 bridgehead atoms. The average molecular weight is 376 g/mol. The van der Waals surface area contributed by atoms with Crippen LogP contribution in [0.5, 0.6) is 0 Å². The minimum Gasteiger partial charge on any atom is -0.356 e. The lowest BCUT2D eigenvalue weighted by Gasteiger charge is -2.15. The van der Waals surface area contributed by atoms with Gasteiger partial charge >= 0.3 is 0 Å². The van der Waals surface area contributed by atoms with Crippen LogP contribution in [0.3, 0.4) is 0 Å². The highest BCUT2D eigenvalue weighted by Gasteiger charge is 2.06. The molecule has 0 fully saturated rings. The molecule has 5 nitrogen and oxygen atoms in total. The van der Waals surface area contributed by atoms with Gasteiger partial charge in [-0.25, -0.2) is 4.98 Å². The van der Waals surface area contributed by atoms with Crippen molar-refractivity contribution in [3.63, 3.8) is 0 Å². The molecule has 0 unspecified atom stereocenters. The summed E-state index contributed by atoms with van der Waals surface area (Å²) in [5.74, 6) is 1.41. The van der Waals surface area contributed by atoms with E-state index in [4.69, 9.17) is 0 Å². The van der Waals surface area contributed by atoms with Crippen LogP contribution in [0.1, 0.15) is 25.0 Å². The Balaban J connectivity index is 1.69.